The Morgan fingerprint density at radius 1 is 1.21 bits per heavy atom. The second-order valence-corrected chi connectivity index (χ2v) is 6.41. The standard InChI is InChI=1S/C15H27NO3/c1-4-12-8-6-5-7-9-16(12)13(17)10-15(2,3)11-14(18)19/h12H,4-11H2,1-3H3,(H,18,19). The molecule has 1 amide bonds. The molecule has 4 nitrogen and oxygen atoms in total. The van der Waals surface area contributed by atoms with Crippen LogP contribution in [0, 0.1) is 5.41 Å². The van der Waals surface area contributed by atoms with Gasteiger partial charge in [0.1, 0.15) is 0 Å². The maximum Gasteiger partial charge on any atom is 0.303 e. The number of carbonyl (C=O) groups excluding carboxylic acids is 1. The molecule has 1 N–H and O–H groups in total. The van der Waals surface area contributed by atoms with E-state index in [4.69, 9.17) is 5.11 Å². The molecule has 4 heteroatoms. The quantitative estimate of drug-likeness (QED) is 0.834. The molecule has 0 aliphatic carbocycles. The molecule has 0 aromatic heterocycles. The number of rotatable bonds is 5. The van der Waals surface area contributed by atoms with Crippen LogP contribution in [0.5, 0.6) is 0 Å². The summed E-state index contributed by atoms with van der Waals surface area (Å²) in [6.45, 7) is 6.68. The summed E-state index contributed by atoms with van der Waals surface area (Å²) in [5.74, 6) is -0.708. The maximum atomic E-state index is 12.5. The molecule has 1 atom stereocenters. The van der Waals surface area contributed by atoms with Gasteiger partial charge in [-0.25, -0.2) is 0 Å². The zero-order valence-electron chi connectivity index (χ0n) is 12.4. The van der Waals surface area contributed by atoms with E-state index in [1.54, 1.807) is 0 Å². The first kappa shape index (κ1) is 16.0. The Balaban J connectivity index is 2.66. The molecule has 0 bridgehead atoms. The van der Waals surface area contributed by atoms with E-state index in [0.29, 0.717) is 12.5 Å². The largest absolute Gasteiger partial charge is 0.481 e. The van der Waals surface area contributed by atoms with E-state index in [9.17, 15) is 9.59 Å². The van der Waals surface area contributed by atoms with Crippen molar-refractivity contribution in [1.29, 1.82) is 0 Å². The Kier molecular flexibility index (Phi) is 5.83. The summed E-state index contributed by atoms with van der Waals surface area (Å²) in [6, 6.07) is 0.343. The van der Waals surface area contributed by atoms with Crippen molar-refractivity contribution in [3.63, 3.8) is 0 Å². The summed E-state index contributed by atoms with van der Waals surface area (Å²) in [5.41, 5.74) is -0.465. The Labute approximate surface area is 116 Å². The Hall–Kier alpha value is -1.06. The highest BCUT2D eigenvalue weighted by Crippen LogP contribution is 2.28. The van der Waals surface area contributed by atoms with Crippen molar-refractivity contribution in [2.75, 3.05) is 6.54 Å². The fourth-order valence-electron chi connectivity index (χ4n) is 2.91. The van der Waals surface area contributed by atoms with Gasteiger partial charge in [-0.2, -0.15) is 0 Å². The lowest BCUT2D eigenvalue weighted by molar-refractivity contribution is -0.141. The molecule has 0 spiro atoms. The number of amides is 1. The van der Waals surface area contributed by atoms with Crippen molar-refractivity contribution in [1.82, 2.24) is 4.90 Å². The van der Waals surface area contributed by atoms with Crippen LogP contribution in [0.2, 0.25) is 0 Å². The Morgan fingerprint density at radius 3 is 2.47 bits per heavy atom. The topological polar surface area (TPSA) is 57.6 Å². The van der Waals surface area contributed by atoms with E-state index in [1.807, 2.05) is 18.7 Å². The summed E-state index contributed by atoms with van der Waals surface area (Å²) in [7, 11) is 0. The number of carboxylic acid groups (broad SMARTS) is 1. The number of carboxylic acids is 1. The molecule has 19 heavy (non-hydrogen) atoms. The van der Waals surface area contributed by atoms with Crippen LogP contribution >= 0.6 is 0 Å². The van der Waals surface area contributed by atoms with Crippen LogP contribution < -0.4 is 0 Å². The van der Waals surface area contributed by atoms with Gasteiger partial charge in [0.05, 0.1) is 6.42 Å². The highest BCUT2D eigenvalue weighted by Gasteiger charge is 2.30. The number of aliphatic carboxylic acids is 1. The molecule has 1 aliphatic heterocycles. The second-order valence-electron chi connectivity index (χ2n) is 6.41. The summed E-state index contributed by atoms with van der Waals surface area (Å²) < 4.78 is 0. The van der Waals surface area contributed by atoms with E-state index < -0.39 is 11.4 Å². The molecular formula is C15H27NO3. The molecule has 1 unspecified atom stereocenters. The molecule has 1 saturated heterocycles. The summed E-state index contributed by atoms with van der Waals surface area (Å²) in [5, 5.41) is 8.89. The van der Waals surface area contributed by atoms with Gasteiger partial charge in [0.25, 0.3) is 0 Å². The van der Waals surface area contributed by atoms with E-state index in [0.717, 1.165) is 25.8 Å². The third-order valence-corrected chi connectivity index (χ3v) is 3.93. The molecule has 1 aliphatic rings. The lowest BCUT2D eigenvalue weighted by Gasteiger charge is -2.32. The van der Waals surface area contributed by atoms with Gasteiger partial charge in [0.15, 0.2) is 0 Å². The molecule has 0 saturated carbocycles. The third-order valence-electron chi connectivity index (χ3n) is 3.93. The summed E-state index contributed by atoms with van der Waals surface area (Å²) in [4.78, 5) is 25.3. The molecule has 1 rings (SSSR count). The minimum Gasteiger partial charge on any atom is -0.481 e. The summed E-state index contributed by atoms with van der Waals surface area (Å²) >= 11 is 0. The van der Waals surface area contributed by atoms with Crippen LogP contribution in [-0.4, -0.2) is 34.5 Å². The molecule has 1 heterocycles. The average Bonchev–Trinajstić information content (AvgIpc) is 2.50. The van der Waals surface area contributed by atoms with Gasteiger partial charge in [-0.3, -0.25) is 9.59 Å². The summed E-state index contributed by atoms with van der Waals surface area (Å²) in [6.07, 6.45) is 5.91. The monoisotopic (exact) mass is 269 g/mol. The minimum absolute atomic E-state index is 0.0450. The molecule has 110 valence electrons. The fourth-order valence-corrected chi connectivity index (χ4v) is 2.91. The van der Waals surface area contributed by atoms with Crippen molar-refractivity contribution >= 4 is 11.9 Å². The van der Waals surface area contributed by atoms with Crippen LogP contribution in [-0.2, 0) is 9.59 Å². The molecular weight excluding hydrogens is 242 g/mol. The predicted molar refractivity (Wildman–Crippen MR) is 74.9 cm³/mol. The van der Waals surface area contributed by atoms with Crippen LogP contribution in [0.15, 0.2) is 0 Å². The zero-order chi connectivity index (χ0) is 14.5. The first-order valence-electron chi connectivity index (χ1n) is 7.37. The first-order valence-corrected chi connectivity index (χ1v) is 7.37. The SMILES string of the molecule is CCC1CCCCCN1C(=O)CC(C)(C)CC(=O)O. The van der Waals surface area contributed by atoms with Crippen LogP contribution in [0.1, 0.15) is 65.7 Å². The number of hydrogen-bond acceptors (Lipinski definition) is 2. The zero-order valence-corrected chi connectivity index (χ0v) is 12.4. The Bertz CT molecular complexity index is 325. The highest BCUT2D eigenvalue weighted by atomic mass is 16.4. The van der Waals surface area contributed by atoms with Gasteiger partial charge >= 0.3 is 5.97 Å². The van der Waals surface area contributed by atoms with E-state index in [-0.39, 0.29) is 12.3 Å². The van der Waals surface area contributed by atoms with Gasteiger partial charge in [-0.1, -0.05) is 33.6 Å². The van der Waals surface area contributed by atoms with Crippen molar-refractivity contribution in [2.45, 2.75) is 71.8 Å². The van der Waals surface area contributed by atoms with Crippen molar-refractivity contribution in [3.05, 3.63) is 0 Å². The van der Waals surface area contributed by atoms with Crippen LogP contribution in [0.4, 0.5) is 0 Å². The van der Waals surface area contributed by atoms with Gasteiger partial charge in [-0.05, 0) is 24.7 Å². The smallest absolute Gasteiger partial charge is 0.303 e. The van der Waals surface area contributed by atoms with Crippen molar-refractivity contribution in [3.8, 4) is 0 Å². The number of carbonyl (C=O) groups is 2. The van der Waals surface area contributed by atoms with Crippen molar-refractivity contribution < 1.29 is 14.7 Å². The molecule has 0 radical (unpaired) electrons. The van der Waals surface area contributed by atoms with Gasteiger partial charge < -0.3 is 10.0 Å². The molecule has 0 aromatic rings. The van der Waals surface area contributed by atoms with Crippen LogP contribution in [0.25, 0.3) is 0 Å². The van der Waals surface area contributed by atoms with E-state index >= 15 is 0 Å². The Morgan fingerprint density at radius 2 is 1.89 bits per heavy atom. The predicted octanol–water partition coefficient (Wildman–Crippen LogP) is 3.06. The molecule has 1 fully saturated rings. The lowest BCUT2D eigenvalue weighted by atomic mass is 9.85. The minimum atomic E-state index is -0.833. The molecule has 0 aromatic carbocycles. The van der Waals surface area contributed by atoms with Gasteiger partial charge in [-0.15, -0.1) is 0 Å². The number of hydrogen-bond donors (Lipinski definition) is 1. The fraction of sp³-hybridized carbons (Fsp3) is 0.867. The second kappa shape index (κ2) is 6.92. The van der Waals surface area contributed by atoms with E-state index in [2.05, 4.69) is 6.92 Å². The maximum absolute atomic E-state index is 12.5. The normalized spacial score (nSPS) is 21.0. The van der Waals surface area contributed by atoms with Crippen LogP contribution in [0.3, 0.4) is 0 Å². The van der Waals surface area contributed by atoms with Gasteiger partial charge in [0.2, 0.25) is 5.91 Å². The number of likely N-dealkylation sites (tertiary alicyclic amines) is 1. The van der Waals surface area contributed by atoms with Gasteiger partial charge in [0, 0.05) is 19.0 Å². The first-order chi connectivity index (χ1) is 8.85. The van der Waals surface area contributed by atoms with E-state index in [1.165, 1.54) is 12.8 Å². The highest BCUT2D eigenvalue weighted by molar-refractivity contribution is 5.78. The number of nitrogens with zero attached hydrogens (tertiary/aromatic N) is 1. The lowest BCUT2D eigenvalue weighted by Crippen LogP contribution is -2.41. The van der Waals surface area contributed by atoms with Crippen molar-refractivity contribution in [2.24, 2.45) is 5.41 Å². The third kappa shape index (κ3) is 5.21. The average molecular weight is 269 g/mol.